The highest BCUT2D eigenvalue weighted by Crippen LogP contribution is 2.23. The number of carbonyl (C=O) groups excluding carboxylic acids is 2. The van der Waals surface area contributed by atoms with Crippen LogP contribution in [0.1, 0.15) is 20.7 Å². The predicted octanol–water partition coefficient (Wildman–Crippen LogP) is 2.19. The van der Waals surface area contributed by atoms with E-state index >= 15 is 0 Å². The van der Waals surface area contributed by atoms with Gasteiger partial charge in [0.15, 0.2) is 0 Å². The molecule has 2 heterocycles. The number of benzene rings is 2. The van der Waals surface area contributed by atoms with Crippen molar-refractivity contribution in [3.05, 3.63) is 58.2 Å². The Kier molecular flexibility index (Phi) is 5.58. The number of imidazole rings is 2. The molecule has 4 rings (SSSR count). The summed E-state index contributed by atoms with van der Waals surface area (Å²) >= 11 is 0. The maximum absolute atomic E-state index is 11.4. The van der Waals surface area contributed by atoms with Gasteiger partial charge >= 0.3 is 11.9 Å². The molecule has 2 aromatic heterocycles. The Morgan fingerprint density at radius 1 is 0.933 bits per heavy atom. The number of carbonyl (C=O) groups is 2. The van der Waals surface area contributed by atoms with E-state index in [1.54, 1.807) is 12.1 Å². The van der Waals surface area contributed by atoms with Gasteiger partial charge in [0.2, 0.25) is 0 Å². The number of rotatable bonds is 3. The van der Waals surface area contributed by atoms with E-state index in [1.807, 2.05) is 0 Å². The SMILES string of the molecule is COC(=O)c1cc(N)cc2[nH]cnc12.COC(=O)c1cc([N+](=O)[O-])cc2[nH]cnc12. The van der Waals surface area contributed by atoms with Crippen molar-refractivity contribution >= 4 is 45.4 Å². The van der Waals surface area contributed by atoms with Gasteiger partial charge < -0.3 is 25.2 Å². The van der Waals surface area contributed by atoms with Crippen LogP contribution in [-0.2, 0) is 9.47 Å². The molecule has 2 aromatic carbocycles. The number of aromatic amines is 2. The van der Waals surface area contributed by atoms with E-state index in [0.717, 1.165) is 11.6 Å². The van der Waals surface area contributed by atoms with Gasteiger partial charge in [-0.2, -0.15) is 0 Å². The van der Waals surface area contributed by atoms with Crippen LogP contribution in [0.25, 0.3) is 22.1 Å². The van der Waals surface area contributed by atoms with Crippen molar-refractivity contribution < 1.29 is 24.0 Å². The monoisotopic (exact) mass is 412 g/mol. The first-order valence-corrected chi connectivity index (χ1v) is 8.36. The Morgan fingerprint density at radius 3 is 1.93 bits per heavy atom. The smallest absolute Gasteiger partial charge is 0.340 e. The Labute approximate surface area is 168 Å². The number of anilines is 1. The number of nitro groups is 1. The summed E-state index contributed by atoms with van der Waals surface area (Å²) in [5.74, 6) is -1.09. The van der Waals surface area contributed by atoms with Crippen molar-refractivity contribution in [3.63, 3.8) is 0 Å². The van der Waals surface area contributed by atoms with Gasteiger partial charge in [-0.1, -0.05) is 0 Å². The Morgan fingerprint density at radius 2 is 1.43 bits per heavy atom. The summed E-state index contributed by atoms with van der Waals surface area (Å²) in [7, 11) is 2.53. The molecule has 0 atom stereocenters. The molecule has 0 saturated carbocycles. The minimum absolute atomic E-state index is 0.0768. The second-order valence-corrected chi connectivity index (χ2v) is 5.90. The minimum atomic E-state index is -0.652. The van der Waals surface area contributed by atoms with Crippen molar-refractivity contribution in [3.8, 4) is 0 Å². The van der Waals surface area contributed by atoms with Crippen molar-refractivity contribution in [2.75, 3.05) is 20.0 Å². The number of hydrogen-bond acceptors (Lipinski definition) is 9. The maximum atomic E-state index is 11.4. The van der Waals surface area contributed by atoms with Gasteiger partial charge in [-0.05, 0) is 12.1 Å². The summed E-state index contributed by atoms with van der Waals surface area (Å²) in [6.45, 7) is 0. The van der Waals surface area contributed by atoms with Gasteiger partial charge in [-0.15, -0.1) is 0 Å². The van der Waals surface area contributed by atoms with E-state index in [0.29, 0.717) is 27.8 Å². The molecule has 0 aliphatic carbocycles. The molecular formula is C18H16N6O6. The lowest BCUT2D eigenvalue weighted by molar-refractivity contribution is -0.384. The van der Waals surface area contributed by atoms with E-state index < -0.39 is 16.9 Å². The van der Waals surface area contributed by atoms with Crippen LogP contribution < -0.4 is 5.73 Å². The fourth-order valence-corrected chi connectivity index (χ4v) is 2.74. The summed E-state index contributed by atoms with van der Waals surface area (Å²) in [5, 5.41) is 10.6. The van der Waals surface area contributed by atoms with Gasteiger partial charge in [0.25, 0.3) is 5.69 Å². The highest BCUT2D eigenvalue weighted by atomic mass is 16.6. The Balaban J connectivity index is 0.000000172. The quantitative estimate of drug-likeness (QED) is 0.197. The molecule has 12 nitrogen and oxygen atoms in total. The van der Waals surface area contributed by atoms with Gasteiger partial charge in [-0.25, -0.2) is 19.6 Å². The molecule has 0 fully saturated rings. The molecule has 154 valence electrons. The highest BCUT2D eigenvalue weighted by molar-refractivity contribution is 6.03. The second kappa shape index (κ2) is 8.26. The van der Waals surface area contributed by atoms with Crippen LogP contribution in [-0.4, -0.2) is 51.0 Å². The number of hydrogen-bond donors (Lipinski definition) is 3. The molecule has 0 aliphatic heterocycles. The second-order valence-electron chi connectivity index (χ2n) is 5.90. The van der Waals surface area contributed by atoms with Crippen molar-refractivity contribution in [2.24, 2.45) is 0 Å². The highest BCUT2D eigenvalue weighted by Gasteiger charge is 2.18. The topological polar surface area (TPSA) is 179 Å². The van der Waals surface area contributed by atoms with E-state index in [1.165, 1.54) is 32.9 Å². The molecule has 0 saturated heterocycles. The Hall–Kier alpha value is -4.48. The number of nitrogens with one attached hydrogen (secondary N) is 2. The molecule has 0 spiro atoms. The van der Waals surface area contributed by atoms with Crippen molar-refractivity contribution in [1.29, 1.82) is 0 Å². The van der Waals surface area contributed by atoms with Crippen LogP contribution in [0.4, 0.5) is 11.4 Å². The van der Waals surface area contributed by atoms with Crippen LogP contribution in [0.2, 0.25) is 0 Å². The zero-order valence-electron chi connectivity index (χ0n) is 15.8. The van der Waals surface area contributed by atoms with E-state index in [4.69, 9.17) is 5.73 Å². The lowest BCUT2D eigenvalue weighted by Gasteiger charge is -2.01. The summed E-state index contributed by atoms with van der Waals surface area (Å²) in [6.07, 6.45) is 2.87. The van der Waals surface area contributed by atoms with E-state index in [-0.39, 0.29) is 11.3 Å². The van der Waals surface area contributed by atoms with Crippen LogP contribution in [0.5, 0.6) is 0 Å². The van der Waals surface area contributed by atoms with Gasteiger partial charge in [0.1, 0.15) is 11.0 Å². The number of nitrogen functional groups attached to an aromatic ring is 1. The lowest BCUT2D eigenvalue weighted by atomic mass is 10.1. The standard InChI is InChI=1S/C9H7N3O4.C9H9N3O2/c1-16-9(13)6-2-5(12(14)15)3-7-8(6)11-4-10-7;1-14-9(13)6-2-5(10)3-7-8(6)12-4-11-7/h2-4H,1H3,(H,10,11);2-4H,10H2,1H3,(H,11,12). The zero-order valence-corrected chi connectivity index (χ0v) is 15.8. The molecule has 0 radical (unpaired) electrons. The lowest BCUT2D eigenvalue weighted by Crippen LogP contribution is -2.03. The number of aromatic nitrogens is 4. The third-order valence-electron chi connectivity index (χ3n) is 4.08. The molecule has 0 bridgehead atoms. The van der Waals surface area contributed by atoms with Crippen LogP contribution >= 0.6 is 0 Å². The summed E-state index contributed by atoms with van der Waals surface area (Å²) in [6, 6.07) is 5.73. The predicted molar refractivity (Wildman–Crippen MR) is 106 cm³/mol. The number of ether oxygens (including phenoxy) is 2. The van der Waals surface area contributed by atoms with Crippen molar-refractivity contribution in [1.82, 2.24) is 19.9 Å². The third kappa shape index (κ3) is 3.87. The summed E-state index contributed by atoms with van der Waals surface area (Å²) in [5.41, 5.74) is 8.48. The number of methoxy groups -OCH3 is 2. The largest absolute Gasteiger partial charge is 0.465 e. The summed E-state index contributed by atoms with van der Waals surface area (Å²) < 4.78 is 9.15. The summed E-state index contributed by atoms with van der Waals surface area (Å²) in [4.78, 5) is 46.3. The normalized spacial score (nSPS) is 10.3. The van der Waals surface area contributed by atoms with Crippen LogP contribution in [0, 0.1) is 10.1 Å². The minimum Gasteiger partial charge on any atom is -0.465 e. The molecular weight excluding hydrogens is 396 g/mol. The van der Waals surface area contributed by atoms with E-state index in [9.17, 15) is 19.7 Å². The van der Waals surface area contributed by atoms with Crippen molar-refractivity contribution in [2.45, 2.75) is 0 Å². The molecule has 4 N–H and O–H groups in total. The zero-order chi connectivity index (χ0) is 21.8. The fraction of sp³-hybridized carbons (Fsp3) is 0.111. The first-order valence-electron chi connectivity index (χ1n) is 8.36. The number of esters is 2. The third-order valence-corrected chi connectivity index (χ3v) is 4.08. The van der Waals surface area contributed by atoms with Crippen LogP contribution in [0.15, 0.2) is 36.9 Å². The number of H-pyrrole nitrogens is 2. The van der Waals surface area contributed by atoms with Crippen LogP contribution in [0.3, 0.4) is 0 Å². The van der Waals surface area contributed by atoms with Gasteiger partial charge in [0.05, 0.1) is 54.0 Å². The molecule has 0 amide bonds. The number of nitrogens with zero attached hydrogens (tertiary/aromatic N) is 3. The molecule has 0 aliphatic rings. The average molecular weight is 412 g/mol. The number of non-ortho nitro benzene ring substituents is 1. The number of fused-ring (bicyclic) bond motifs is 2. The molecule has 0 unspecified atom stereocenters. The van der Waals surface area contributed by atoms with Gasteiger partial charge in [0, 0.05) is 17.8 Å². The number of nitro benzene ring substituents is 1. The first-order chi connectivity index (χ1) is 14.3. The fourth-order valence-electron chi connectivity index (χ4n) is 2.74. The van der Waals surface area contributed by atoms with Gasteiger partial charge in [-0.3, -0.25) is 10.1 Å². The average Bonchev–Trinajstić information content (AvgIpc) is 3.40. The number of nitrogens with two attached hydrogens (primary N) is 1. The maximum Gasteiger partial charge on any atom is 0.340 e. The molecule has 4 aromatic rings. The first kappa shape index (κ1) is 20.3. The van der Waals surface area contributed by atoms with E-state index in [2.05, 4.69) is 29.4 Å². The molecule has 30 heavy (non-hydrogen) atoms. The molecule has 12 heteroatoms. The Bertz CT molecular complexity index is 1260.